The summed E-state index contributed by atoms with van der Waals surface area (Å²) < 4.78 is 5.50. The lowest BCUT2D eigenvalue weighted by Gasteiger charge is -2.32. The molecule has 0 bridgehead atoms. The van der Waals surface area contributed by atoms with Gasteiger partial charge in [-0.25, -0.2) is 0 Å². The predicted molar refractivity (Wildman–Crippen MR) is 112 cm³/mol. The highest BCUT2D eigenvalue weighted by molar-refractivity contribution is 5.90. The van der Waals surface area contributed by atoms with Gasteiger partial charge in [0, 0.05) is 13.1 Å². The van der Waals surface area contributed by atoms with Crippen LogP contribution in [-0.2, 0) is 22.6 Å². The lowest BCUT2D eigenvalue weighted by molar-refractivity contribution is -0.135. The fourth-order valence-electron chi connectivity index (χ4n) is 4.04. The molecule has 1 unspecified atom stereocenters. The molecule has 29 heavy (non-hydrogen) atoms. The van der Waals surface area contributed by atoms with E-state index in [1.807, 2.05) is 48.2 Å². The zero-order valence-electron chi connectivity index (χ0n) is 16.7. The Morgan fingerprint density at radius 3 is 2.76 bits per heavy atom. The van der Waals surface area contributed by atoms with Crippen LogP contribution in [-0.4, -0.2) is 29.8 Å². The van der Waals surface area contributed by atoms with Crippen LogP contribution >= 0.6 is 0 Å². The fraction of sp³-hybridized carbons (Fsp3) is 0.333. The molecule has 5 heteroatoms. The average molecular weight is 390 g/mol. The molecular formula is C24H26N2O3. The summed E-state index contributed by atoms with van der Waals surface area (Å²) in [7, 11) is 0. The Morgan fingerprint density at radius 1 is 1.10 bits per heavy atom. The molecule has 2 amide bonds. The summed E-state index contributed by atoms with van der Waals surface area (Å²) in [6, 6.07) is 17.9. The highest BCUT2D eigenvalue weighted by Crippen LogP contribution is 2.22. The van der Waals surface area contributed by atoms with Crippen molar-refractivity contribution in [1.82, 2.24) is 10.2 Å². The number of hydrogen-bond donors (Lipinski definition) is 1. The topological polar surface area (TPSA) is 62.6 Å². The van der Waals surface area contributed by atoms with E-state index in [1.165, 1.54) is 0 Å². The van der Waals surface area contributed by atoms with Crippen molar-refractivity contribution < 1.29 is 14.0 Å². The second-order valence-corrected chi connectivity index (χ2v) is 7.72. The lowest BCUT2D eigenvalue weighted by Crippen LogP contribution is -2.45. The van der Waals surface area contributed by atoms with Crippen LogP contribution in [0.4, 0.5) is 0 Å². The van der Waals surface area contributed by atoms with Gasteiger partial charge in [-0.3, -0.25) is 9.59 Å². The summed E-state index contributed by atoms with van der Waals surface area (Å²) in [4.78, 5) is 27.4. The minimum atomic E-state index is -0.170. The molecule has 1 saturated heterocycles. The number of carbonyl (C=O) groups excluding carboxylic acids is 2. The molecule has 1 aliphatic rings. The molecule has 1 atom stereocenters. The molecule has 0 saturated carbocycles. The van der Waals surface area contributed by atoms with Gasteiger partial charge in [0.05, 0.1) is 18.9 Å². The second-order valence-electron chi connectivity index (χ2n) is 7.72. The Hall–Kier alpha value is -3.08. The van der Waals surface area contributed by atoms with Gasteiger partial charge in [-0.05, 0) is 48.2 Å². The molecule has 1 N–H and O–H groups in total. The monoisotopic (exact) mass is 390 g/mol. The third kappa shape index (κ3) is 4.50. The maximum absolute atomic E-state index is 12.9. The summed E-state index contributed by atoms with van der Waals surface area (Å²) in [5.74, 6) is 1.48. The largest absolute Gasteiger partial charge is 0.465 e. The molecular weight excluding hydrogens is 364 g/mol. The van der Waals surface area contributed by atoms with Crippen molar-refractivity contribution in [2.24, 2.45) is 5.92 Å². The molecule has 0 spiro atoms. The van der Waals surface area contributed by atoms with E-state index in [9.17, 15) is 9.59 Å². The zero-order valence-corrected chi connectivity index (χ0v) is 16.7. The van der Waals surface area contributed by atoms with Crippen LogP contribution in [0.5, 0.6) is 0 Å². The van der Waals surface area contributed by atoms with Gasteiger partial charge in [-0.15, -0.1) is 0 Å². The van der Waals surface area contributed by atoms with Gasteiger partial charge in [0.15, 0.2) is 0 Å². The van der Waals surface area contributed by atoms with E-state index in [2.05, 4.69) is 23.5 Å². The smallest absolute Gasteiger partial charge is 0.227 e. The maximum Gasteiger partial charge on any atom is 0.227 e. The number of piperidine rings is 1. The Bertz CT molecular complexity index is 1020. The number of amides is 2. The zero-order chi connectivity index (χ0) is 20.2. The third-order valence-electron chi connectivity index (χ3n) is 5.60. The lowest BCUT2D eigenvalue weighted by atomic mass is 9.96. The predicted octanol–water partition coefficient (Wildman–Crippen LogP) is 3.84. The Kier molecular flexibility index (Phi) is 5.65. The fourth-order valence-corrected chi connectivity index (χ4v) is 4.04. The van der Waals surface area contributed by atoms with E-state index in [4.69, 9.17) is 4.42 Å². The van der Waals surface area contributed by atoms with Crippen LogP contribution in [0.1, 0.15) is 29.9 Å². The van der Waals surface area contributed by atoms with Crippen molar-refractivity contribution in [3.8, 4) is 0 Å². The second kappa shape index (κ2) is 8.52. The molecule has 0 radical (unpaired) electrons. The van der Waals surface area contributed by atoms with Gasteiger partial charge in [0.2, 0.25) is 11.8 Å². The molecule has 1 aromatic heterocycles. The summed E-state index contributed by atoms with van der Waals surface area (Å²) in [5.41, 5.74) is 1.04. The highest BCUT2D eigenvalue weighted by Gasteiger charge is 2.28. The number of likely N-dealkylation sites (tertiary alicyclic amines) is 1. The first kappa shape index (κ1) is 19.2. The Balaban J connectivity index is 1.37. The van der Waals surface area contributed by atoms with E-state index >= 15 is 0 Å². The number of carbonyl (C=O) groups is 2. The minimum absolute atomic E-state index is 0.0123. The number of nitrogens with zero attached hydrogens (tertiary/aromatic N) is 1. The highest BCUT2D eigenvalue weighted by atomic mass is 16.3. The van der Waals surface area contributed by atoms with Gasteiger partial charge in [0.1, 0.15) is 11.5 Å². The molecule has 0 aliphatic carbocycles. The normalized spacial score (nSPS) is 16.7. The van der Waals surface area contributed by atoms with Crippen molar-refractivity contribution in [1.29, 1.82) is 0 Å². The van der Waals surface area contributed by atoms with Crippen molar-refractivity contribution in [3.63, 3.8) is 0 Å². The van der Waals surface area contributed by atoms with Crippen LogP contribution in [0.2, 0.25) is 0 Å². The number of aryl methyl sites for hydroxylation is 1. The van der Waals surface area contributed by atoms with E-state index < -0.39 is 0 Å². The van der Waals surface area contributed by atoms with Gasteiger partial charge in [-0.2, -0.15) is 0 Å². The molecule has 2 heterocycles. The molecule has 4 rings (SSSR count). The SMILES string of the molecule is Cc1ccc(CNC(=O)C2CCCN(C(=O)Cc3cccc4ccccc34)C2)o1. The van der Waals surface area contributed by atoms with Crippen molar-refractivity contribution >= 4 is 22.6 Å². The first-order valence-corrected chi connectivity index (χ1v) is 10.2. The van der Waals surface area contributed by atoms with Gasteiger partial charge in [0.25, 0.3) is 0 Å². The van der Waals surface area contributed by atoms with Crippen LogP contribution < -0.4 is 5.32 Å². The minimum Gasteiger partial charge on any atom is -0.465 e. The number of fused-ring (bicyclic) bond motifs is 1. The van der Waals surface area contributed by atoms with E-state index in [-0.39, 0.29) is 17.7 Å². The standard InChI is InChI=1S/C24H26N2O3/c1-17-11-12-21(29-17)15-25-24(28)20-9-5-13-26(16-20)23(27)14-19-8-4-7-18-6-2-3-10-22(18)19/h2-4,6-8,10-12,20H,5,9,13-16H2,1H3,(H,25,28). The van der Waals surface area contributed by atoms with Crippen molar-refractivity contribution in [3.05, 3.63) is 71.7 Å². The van der Waals surface area contributed by atoms with E-state index in [0.29, 0.717) is 26.1 Å². The number of benzene rings is 2. The van der Waals surface area contributed by atoms with Gasteiger partial charge >= 0.3 is 0 Å². The van der Waals surface area contributed by atoms with E-state index in [0.717, 1.165) is 40.7 Å². The van der Waals surface area contributed by atoms with Crippen LogP contribution in [0.15, 0.2) is 59.0 Å². The molecule has 2 aromatic carbocycles. The molecule has 3 aromatic rings. The van der Waals surface area contributed by atoms with Crippen LogP contribution in [0, 0.1) is 12.8 Å². The summed E-state index contributed by atoms with van der Waals surface area (Å²) >= 11 is 0. The quantitative estimate of drug-likeness (QED) is 0.720. The molecule has 1 aliphatic heterocycles. The van der Waals surface area contributed by atoms with E-state index in [1.54, 1.807) is 0 Å². The summed E-state index contributed by atoms with van der Waals surface area (Å²) in [5, 5.41) is 5.20. The molecule has 150 valence electrons. The third-order valence-corrected chi connectivity index (χ3v) is 5.60. The Morgan fingerprint density at radius 2 is 1.93 bits per heavy atom. The van der Waals surface area contributed by atoms with Gasteiger partial charge in [-0.1, -0.05) is 42.5 Å². The van der Waals surface area contributed by atoms with Crippen LogP contribution in [0.25, 0.3) is 10.8 Å². The maximum atomic E-state index is 12.9. The number of furan rings is 1. The number of rotatable bonds is 5. The molecule has 1 fully saturated rings. The average Bonchev–Trinajstić information content (AvgIpc) is 3.17. The summed E-state index contributed by atoms with van der Waals surface area (Å²) in [6.45, 7) is 3.45. The first-order chi connectivity index (χ1) is 14.1. The Labute approximate surface area is 170 Å². The van der Waals surface area contributed by atoms with Crippen molar-refractivity contribution in [2.45, 2.75) is 32.7 Å². The first-order valence-electron chi connectivity index (χ1n) is 10.2. The summed E-state index contributed by atoms with van der Waals surface area (Å²) in [6.07, 6.45) is 2.02. The molecule has 5 nitrogen and oxygen atoms in total. The number of nitrogens with one attached hydrogen (secondary N) is 1. The van der Waals surface area contributed by atoms with Crippen LogP contribution in [0.3, 0.4) is 0 Å². The van der Waals surface area contributed by atoms with Crippen molar-refractivity contribution in [2.75, 3.05) is 13.1 Å². The van der Waals surface area contributed by atoms with Gasteiger partial charge < -0.3 is 14.6 Å². The number of hydrogen-bond acceptors (Lipinski definition) is 3.